The van der Waals surface area contributed by atoms with Crippen molar-refractivity contribution >= 4 is 11.9 Å². The van der Waals surface area contributed by atoms with E-state index in [1.165, 1.54) is 0 Å². The van der Waals surface area contributed by atoms with Gasteiger partial charge in [0.25, 0.3) is 0 Å². The molecule has 2 rings (SSSR count). The molecule has 130 valence electrons. The number of carbonyl (C=O) groups excluding carboxylic acids is 1. The third-order valence-corrected chi connectivity index (χ3v) is 3.16. The molecule has 1 unspecified atom stereocenters. The summed E-state index contributed by atoms with van der Waals surface area (Å²) < 4.78 is 11.0. The zero-order valence-electron chi connectivity index (χ0n) is 14.1. The molecule has 0 aliphatic rings. The van der Waals surface area contributed by atoms with Crippen LogP contribution in [0.1, 0.15) is 32.1 Å². The van der Waals surface area contributed by atoms with E-state index in [1.807, 2.05) is 6.07 Å². The first-order valence-corrected chi connectivity index (χ1v) is 8.06. The van der Waals surface area contributed by atoms with Gasteiger partial charge in [-0.05, 0) is 24.1 Å². The molecule has 2 heterocycles. The molecule has 1 atom stereocenters. The van der Waals surface area contributed by atoms with Gasteiger partial charge in [-0.25, -0.2) is 9.97 Å². The number of aromatic nitrogens is 2. The lowest BCUT2D eigenvalue weighted by atomic mass is 10.2. The number of hydrogen-bond acceptors (Lipinski definition) is 6. The van der Waals surface area contributed by atoms with Gasteiger partial charge >= 0.3 is 0 Å². The van der Waals surface area contributed by atoms with Crippen molar-refractivity contribution in [3.63, 3.8) is 0 Å². The summed E-state index contributed by atoms with van der Waals surface area (Å²) in [6, 6.07) is 5.08. The van der Waals surface area contributed by atoms with Crippen LogP contribution in [0.4, 0.5) is 5.95 Å². The van der Waals surface area contributed by atoms with Crippen LogP contribution >= 0.6 is 0 Å². The van der Waals surface area contributed by atoms with E-state index < -0.39 is 0 Å². The van der Waals surface area contributed by atoms with Gasteiger partial charge in [-0.2, -0.15) is 0 Å². The number of carbonyl (C=O) groups is 1. The van der Waals surface area contributed by atoms with Crippen molar-refractivity contribution in [3.8, 4) is 0 Å². The summed E-state index contributed by atoms with van der Waals surface area (Å²) in [6.45, 7) is 5.63. The van der Waals surface area contributed by atoms with Gasteiger partial charge < -0.3 is 19.8 Å². The molecule has 0 radical (unpaired) electrons. The van der Waals surface area contributed by atoms with Crippen molar-refractivity contribution in [2.45, 2.75) is 26.3 Å². The fourth-order valence-corrected chi connectivity index (χ4v) is 2.05. The Morgan fingerprint density at radius 3 is 2.71 bits per heavy atom. The lowest BCUT2D eigenvalue weighted by molar-refractivity contribution is -0.122. The average Bonchev–Trinajstić information content (AvgIpc) is 3.09. The standard InChI is InChI=1S/C17H24N4O3/c1-13(2)11-23-12-14(15-5-3-10-24-15)21-16(22)6-9-20-17-18-7-4-8-19-17/h3-5,7-8,10,13-14H,6,9,11-12H2,1-2H3,(H,21,22)(H,18,19,20). The number of furan rings is 1. The maximum absolute atomic E-state index is 12.1. The van der Waals surface area contributed by atoms with Crippen LogP contribution in [0, 0.1) is 5.92 Å². The maximum Gasteiger partial charge on any atom is 0.222 e. The molecular weight excluding hydrogens is 308 g/mol. The predicted molar refractivity (Wildman–Crippen MR) is 90.4 cm³/mol. The highest BCUT2D eigenvalue weighted by Gasteiger charge is 2.17. The van der Waals surface area contributed by atoms with Crippen molar-refractivity contribution in [2.75, 3.05) is 25.1 Å². The fourth-order valence-electron chi connectivity index (χ4n) is 2.05. The second kappa shape index (κ2) is 9.67. The predicted octanol–water partition coefficient (Wildman–Crippen LogP) is 2.40. The van der Waals surface area contributed by atoms with Crippen molar-refractivity contribution in [2.24, 2.45) is 5.92 Å². The van der Waals surface area contributed by atoms with Gasteiger partial charge in [0.1, 0.15) is 11.8 Å². The number of rotatable bonds is 10. The highest BCUT2D eigenvalue weighted by molar-refractivity contribution is 5.76. The minimum Gasteiger partial charge on any atom is -0.467 e. The normalized spacial score (nSPS) is 12.1. The third-order valence-electron chi connectivity index (χ3n) is 3.16. The minimum atomic E-state index is -0.292. The molecule has 0 saturated carbocycles. The van der Waals surface area contributed by atoms with Crippen LogP contribution in [-0.2, 0) is 9.53 Å². The van der Waals surface area contributed by atoms with E-state index in [4.69, 9.17) is 9.15 Å². The van der Waals surface area contributed by atoms with Crippen molar-refractivity contribution in [3.05, 3.63) is 42.6 Å². The molecule has 0 saturated heterocycles. The fraction of sp³-hybridized carbons (Fsp3) is 0.471. The van der Waals surface area contributed by atoms with Crippen LogP contribution in [0.3, 0.4) is 0 Å². The summed E-state index contributed by atoms with van der Waals surface area (Å²) >= 11 is 0. The van der Waals surface area contributed by atoms with Crippen LogP contribution in [-0.4, -0.2) is 35.6 Å². The molecule has 0 fully saturated rings. The van der Waals surface area contributed by atoms with Gasteiger partial charge in [0.15, 0.2) is 0 Å². The Kier molecular flexibility index (Phi) is 7.22. The summed E-state index contributed by atoms with van der Waals surface area (Å²) in [5.41, 5.74) is 0. The smallest absolute Gasteiger partial charge is 0.222 e. The van der Waals surface area contributed by atoms with E-state index in [1.54, 1.807) is 30.8 Å². The van der Waals surface area contributed by atoms with Gasteiger partial charge in [-0.3, -0.25) is 4.79 Å². The van der Waals surface area contributed by atoms with E-state index in [2.05, 4.69) is 34.4 Å². The first-order valence-electron chi connectivity index (χ1n) is 8.06. The third kappa shape index (κ3) is 6.37. The van der Waals surface area contributed by atoms with Crippen LogP contribution in [0.5, 0.6) is 0 Å². The Hall–Kier alpha value is -2.41. The summed E-state index contributed by atoms with van der Waals surface area (Å²) in [7, 11) is 0. The number of hydrogen-bond donors (Lipinski definition) is 2. The van der Waals surface area contributed by atoms with E-state index >= 15 is 0 Å². The van der Waals surface area contributed by atoms with E-state index in [0.29, 0.717) is 43.8 Å². The average molecular weight is 332 g/mol. The highest BCUT2D eigenvalue weighted by atomic mass is 16.5. The lowest BCUT2D eigenvalue weighted by Crippen LogP contribution is -2.32. The molecule has 2 aromatic heterocycles. The number of amides is 1. The Morgan fingerprint density at radius 1 is 1.25 bits per heavy atom. The minimum absolute atomic E-state index is 0.0898. The second-order valence-electron chi connectivity index (χ2n) is 5.82. The van der Waals surface area contributed by atoms with Crippen molar-refractivity contribution in [1.82, 2.24) is 15.3 Å². The summed E-state index contributed by atoms with van der Waals surface area (Å²) in [4.78, 5) is 20.2. The zero-order valence-corrected chi connectivity index (χ0v) is 14.1. The Balaban J connectivity index is 1.78. The molecule has 0 bridgehead atoms. The molecule has 2 aromatic rings. The molecule has 0 aliphatic carbocycles. The van der Waals surface area contributed by atoms with E-state index in [0.717, 1.165) is 0 Å². The topological polar surface area (TPSA) is 89.3 Å². The molecule has 7 nitrogen and oxygen atoms in total. The van der Waals surface area contributed by atoms with Gasteiger partial charge in [0, 0.05) is 32.0 Å². The Bertz CT molecular complexity index is 587. The van der Waals surface area contributed by atoms with Crippen LogP contribution in [0.15, 0.2) is 41.3 Å². The number of ether oxygens (including phenoxy) is 1. The second-order valence-corrected chi connectivity index (χ2v) is 5.82. The number of nitrogens with one attached hydrogen (secondary N) is 2. The Morgan fingerprint density at radius 2 is 2.04 bits per heavy atom. The van der Waals surface area contributed by atoms with Crippen LogP contribution in [0.25, 0.3) is 0 Å². The summed E-state index contributed by atoms with van der Waals surface area (Å²) in [5.74, 6) is 1.54. The molecule has 24 heavy (non-hydrogen) atoms. The van der Waals surface area contributed by atoms with Gasteiger partial charge in [-0.15, -0.1) is 0 Å². The monoisotopic (exact) mass is 332 g/mol. The molecule has 1 amide bonds. The van der Waals surface area contributed by atoms with Crippen LogP contribution < -0.4 is 10.6 Å². The van der Waals surface area contributed by atoms with E-state index in [-0.39, 0.29) is 11.9 Å². The van der Waals surface area contributed by atoms with Crippen LogP contribution in [0.2, 0.25) is 0 Å². The first kappa shape index (κ1) is 17.9. The quantitative estimate of drug-likeness (QED) is 0.694. The largest absolute Gasteiger partial charge is 0.467 e. The Labute approximate surface area is 141 Å². The first-order chi connectivity index (χ1) is 11.6. The summed E-state index contributed by atoms with van der Waals surface area (Å²) in [6.07, 6.45) is 5.19. The van der Waals surface area contributed by atoms with Crippen molar-refractivity contribution in [1.29, 1.82) is 0 Å². The molecule has 0 aliphatic heterocycles. The maximum atomic E-state index is 12.1. The molecular formula is C17H24N4O3. The number of anilines is 1. The SMILES string of the molecule is CC(C)COCC(NC(=O)CCNc1ncccn1)c1ccco1. The molecule has 0 spiro atoms. The van der Waals surface area contributed by atoms with Gasteiger partial charge in [0.2, 0.25) is 11.9 Å². The van der Waals surface area contributed by atoms with Gasteiger partial charge in [-0.1, -0.05) is 13.8 Å². The highest BCUT2D eigenvalue weighted by Crippen LogP contribution is 2.14. The summed E-state index contributed by atoms with van der Waals surface area (Å²) in [5, 5.41) is 5.94. The number of nitrogens with zero attached hydrogens (tertiary/aromatic N) is 2. The van der Waals surface area contributed by atoms with Crippen molar-refractivity contribution < 1.29 is 13.9 Å². The van der Waals surface area contributed by atoms with Gasteiger partial charge in [0.05, 0.1) is 12.9 Å². The lowest BCUT2D eigenvalue weighted by Gasteiger charge is -2.18. The molecule has 0 aromatic carbocycles. The zero-order chi connectivity index (χ0) is 17.2. The molecule has 7 heteroatoms. The molecule has 2 N–H and O–H groups in total. The van der Waals surface area contributed by atoms with E-state index in [9.17, 15) is 4.79 Å².